The second-order valence-corrected chi connectivity index (χ2v) is 6.91. The summed E-state index contributed by atoms with van der Waals surface area (Å²) >= 11 is 0. The molecule has 0 aliphatic heterocycles. The van der Waals surface area contributed by atoms with Crippen molar-refractivity contribution in [3.63, 3.8) is 0 Å². The lowest BCUT2D eigenvalue weighted by molar-refractivity contribution is -0.387. The Hall–Kier alpha value is -2.41. The van der Waals surface area contributed by atoms with E-state index in [9.17, 15) is 14.3 Å². The third-order valence-electron chi connectivity index (χ3n) is 3.42. The third-order valence-corrected chi connectivity index (χ3v) is 4.85. The molecule has 0 amide bonds. The predicted octanol–water partition coefficient (Wildman–Crippen LogP) is 2.89. The van der Waals surface area contributed by atoms with Gasteiger partial charge >= 0.3 is 0 Å². The van der Waals surface area contributed by atoms with Gasteiger partial charge in [0.1, 0.15) is 4.90 Å². The molecule has 122 valence electrons. The van der Waals surface area contributed by atoms with Crippen LogP contribution in [0.1, 0.15) is 0 Å². The van der Waals surface area contributed by atoms with Crippen molar-refractivity contribution >= 4 is 27.9 Å². The number of nitro benzene ring substituents is 1. The average Bonchev–Trinajstić information content (AvgIpc) is 2.53. The summed E-state index contributed by atoms with van der Waals surface area (Å²) in [4.78, 5) is 15.2. The summed E-state index contributed by atoms with van der Waals surface area (Å²) in [6, 6.07) is 11.8. The molecule has 23 heavy (non-hydrogen) atoms. The number of rotatable bonds is 5. The topological polar surface area (TPSA) is 66.7 Å². The van der Waals surface area contributed by atoms with Crippen molar-refractivity contribution in [3.05, 3.63) is 52.6 Å². The molecule has 0 aliphatic rings. The normalized spacial score (nSPS) is 11.8. The van der Waals surface area contributed by atoms with Crippen LogP contribution in [-0.4, -0.2) is 37.3 Å². The minimum atomic E-state index is -1.61. The van der Waals surface area contributed by atoms with Gasteiger partial charge in [-0.1, -0.05) is 0 Å². The number of anilines is 2. The molecule has 0 N–H and O–H groups in total. The molecule has 0 aromatic heterocycles. The van der Waals surface area contributed by atoms with Gasteiger partial charge in [-0.3, -0.25) is 10.1 Å². The van der Waals surface area contributed by atoms with E-state index in [4.69, 9.17) is 0 Å². The molecule has 2 rings (SSSR count). The third kappa shape index (κ3) is 3.68. The van der Waals surface area contributed by atoms with Crippen molar-refractivity contribution in [2.75, 3.05) is 38.0 Å². The maximum absolute atomic E-state index is 12.8. The van der Waals surface area contributed by atoms with E-state index in [2.05, 4.69) is 0 Å². The van der Waals surface area contributed by atoms with E-state index in [1.54, 1.807) is 24.3 Å². The molecule has 0 heterocycles. The molecule has 2 aromatic rings. The first-order valence-electron chi connectivity index (χ1n) is 6.96. The van der Waals surface area contributed by atoms with Gasteiger partial charge in [0.15, 0.2) is 0 Å². The van der Waals surface area contributed by atoms with Crippen LogP contribution in [0.5, 0.6) is 0 Å². The first-order chi connectivity index (χ1) is 10.8. The Kier molecular flexibility index (Phi) is 5.00. The molecule has 0 spiro atoms. The van der Waals surface area contributed by atoms with Crippen LogP contribution >= 0.6 is 0 Å². The highest BCUT2D eigenvalue weighted by atomic mass is 32.2. The summed E-state index contributed by atoms with van der Waals surface area (Å²) in [5.41, 5.74) is 1.61. The van der Waals surface area contributed by atoms with Crippen molar-refractivity contribution < 1.29 is 9.13 Å². The Morgan fingerprint density at radius 2 is 1.43 bits per heavy atom. The molecule has 0 saturated carbocycles. The van der Waals surface area contributed by atoms with Crippen molar-refractivity contribution in [2.24, 2.45) is 0 Å². The van der Waals surface area contributed by atoms with Gasteiger partial charge < -0.3 is 9.80 Å². The largest absolute Gasteiger partial charge is 0.378 e. The average molecular weight is 333 g/mol. The molecule has 0 aliphatic carbocycles. The lowest BCUT2D eigenvalue weighted by atomic mass is 10.2. The Morgan fingerprint density at radius 3 is 1.91 bits per heavy atom. The summed E-state index contributed by atoms with van der Waals surface area (Å²) in [6.45, 7) is 0. The van der Waals surface area contributed by atoms with E-state index in [1.807, 2.05) is 50.1 Å². The highest BCUT2D eigenvalue weighted by Crippen LogP contribution is 2.30. The molecule has 1 unspecified atom stereocenters. The predicted molar refractivity (Wildman–Crippen MR) is 92.9 cm³/mol. The van der Waals surface area contributed by atoms with Gasteiger partial charge in [0.05, 0.1) is 15.7 Å². The van der Waals surface area contributed by atoms with Crippen LogP contribution in [0.25, 0.3) is 0 Å². The SMILES string of the molecule is CN(C)c1ccc(S(=O)c2cc(N(C)C)ccc2[N+](=O)[O-])cc1. The Labute approximate surface area is 137 Å². The quantitative estimate of drug-likeness (QED) is 0.622. The van der Waals surface area contributed by atoms with Gasteiger partial charge in [0.25, 0.3) is 5.69 Å². The molecule has 0 fully saturated rings. The van der Waals surface area contributed by atoms with Crippen molar-refractivity contribution in [1.82, 2.24) is 0 Å². The Bertz CT molecular complexity index is 743. The zero-order valence-corrected chi connectivity index (χ0v) is 14.3. The summed E-state index contributed by atoms with van der Waals surface area (Å²) in [5.74, 6) is 0. The van der Waals surface area contributed by atoms with Gasteiger partial charge in [0, 0.05) is 50.5 Å². The molecule has 0 saturated heterocycles. The van der Waals surface area contributed by atoms with E-state index >= 15 is 0 Å². The summed E-state index contributed by atoms with van der Waals surface area (Å²) < 4.78 is 12.8. The molecule has 1 atom stereocenters. The fraction of sp³-hybridized carbons (Fsp3) is 0.250. The number of hydrogen-bond donors (Lipinski definition) is 0. The monoisotopic (exact) mass is 333 g/mol. The van der Waals surface area contributed by atoms with Crippen LogP contribution in [0.3, 0.4) is 0 Å². The van der Waals surface area contributed by atoms with Crippen LogP contribution in [0.15, 0.2) is 52.3 Å². The second kappa shape index (κ2) is 6.78. The van der Waals surface area contributed by atoms with Gasteiger partial charge in [-0.15, -0.1) is 0 Å². The van der Waals surface area contributed by atoms with E-state index in [1.165, 1.54) is 6.07 Å². The molecule has 6 nitrogen and oxygen atoms in total. The maximum atomic E-state index is 12.8. The second-order valence-electron chi connectivity index (χ2n) is 5.46. The molecular formula is C16H19N3O3S. The van der Waals surface area contributed by atoms with Gasteiger partial charge in [0.2, 0.25) is 0 Å². The first-order valence-corrected chi connectivity index (χ1v) is 8.11. The smallest absolute Gasteiger partial charge is 0.285 e. The minimum absolute atomic E-state index is 0.134. The minimum Gasteiger partial charge on any atom is -0.378 e. The zero-order chi connectivity index (χ0) is 17.1. The fourth-order valence-corrected chi connectivity index (χ4v) is 3.27. The number of nitro groups is 1. The van der Waals surface area contributed by atoms with Crippen molar-refractivity contribution in [3.8, 4) is 0 Å². The van der Waals surface area contributed by atoms with Crippen LogP contribution in [-0.2, 0) is 10.8 Å². The van der Waals surface area contributed by atoms with Crippen LogP contribution < -0.4 is 9.80 Å². The summed E-state index contributed by atoms with van der Waals surface area (Å²) in [7, 11) is 5.88. The number of nitrogens with zero attached hydrogens (tertiary/aromatic N) is 3. The van der Waals surface area contributed by atoms with Crippen LogP contribution in [0.4, 0.5) is 17.1 Å². The molecule has 0 bridgehead atoms. The molecule has 0 radical (unpaired) electrons. The zero-order valence-electron chi connectivity index (χ0n) is 13.5. The number of hydrogen-bond acceptors (Lipinski definition) is 5. The lowest BCUT2D eigenvalue weighted by Gasteiger charge is -2.14. The van der Waals surface area contributed by atoms with E-state index in [-0.39, 0.29) is 10.6 Å². The van der Waals surface area contributed by atoms with E-state index < -0.39 is 15.7 Å². The van der Waals surface area contributed by atoms with E-state index in [0.717, 1.165) is 11.4 Å². The van der Waals surface area contributed by atoms with E-state index in [0.29, 0.717) is 4.90 Å². The Morgan fingerprint density at radius 1 is 0.913 bits per heavy atom. The highest BCUT2D eigenvalue weighted by Gasteiger charge is 2.21. The van der Waals surface area contributed by atoms with Gasteiger partial charge in [-0.05, 0) is 36.4 Å². The fourth-order valence-electron chi connectivity index (χ4n) is 2.08. The first kappa shape index (κ1) is 17.0. The standard InChI is InChI=1S/C16H19N3O3S/c1-17(2)12-5-8-14(9-6-12)23(22)16-11-13(18(3)4)7-10-15(16)19(20)21/h5-11H,1-4H3. The molecule has 2 aromatic carbocycles. The lowest BCUT2D eigenvalue weighted by Crippen LogP contribution is -2.10. The van der Waals surface area contributed by atoms with Crippen LogP contribution in [0.2, 0.25) is 0 Å². The Balaban J connectivity index is 2.48. The highest BCUT2D eigenvalue weighted by molar-refractivity contribution is 7.85. The van der Waals surface area contributed by atoms with Gasteiger partial charge in [-0.2, -0.15) is 0 Å². The van der Waals surface area contributed by atoms with Crippen LogP contribution in [0, 0.1) is 10.1 Å². The summed E-state index contributed by atoms with van der Waals surface area (Å²) in [6.07, 6.45) is 0. The number of benzene rings is 2. The maximum Gasteiger partial charge on any atom is 0.285 e. The van der Waals surface area contributed by atoms with Crippen molar-refractivity contribution in [2.45, 2.75) is 9.79 Å². The van der Waals surface area contributed by atoms with Gasteiger partial charge in [-0.25, -0.2) is 4.21 Å². The van der Waals surface area contributed by atoms with Crippen molar-refractivity contribution in [1.29, 1.82) is 0 Å². The summed E-state index contributed by atoms with van der Waals surface area (Å²) in [5, 5.41) is 11.2. The molecule has 7 heteroatoms. The molecular weight excluding hydrogens is 314 g/mol.